The summed E-state index contributed by atoms with van der Waals surface area (Å²) in [4.78, 5) is 12.9. The summed E-state index contributed by atoms with van der Waals surface area (Å²) in [7, 11) is 3.86. The van der Waals surface area contributed by atoms with Gasteiger partial charge in [0.25, 0.3) is 0 Å². The Labute approximate surface area is 78.7 Å². The summed E-state index contributed by atoms with van der Waals surface area (Å²) >= 11 is 0. The first-order valence-electron chi connectivity index (χ1n) is 4.24. The minimum absolute atomic E-state index is 0.0182. The summed E-state index contributed by atoms with van der Waals surface area (Å²) in [5, 5.41) is 12.6. The highest BCUT2D eigenvalue weighted by atomic mass is 16.5. The molecule has 0 aromatic heterocycles. The van der Waals surface area contributed by atoms with Crippen molar-refractivity contribution >= 4 is 5.91 Å². The average molecular weight is 189 g/mol. The molecule has 0 heterocycles. The van der Waals surface area contributed by atoms with Crippen molar-refractivity contribution in [2.24, 2.45) is 0 Å². The summed E-state index contributed by atoms with van der Waals surface area (Å²) in [6.07, 6.45) is 0. The highest BCUT2D eigenvalue weighted by Crippen LogP contribution is 1.75. The SMILES string of the molecule is CN(C)CCNC(=O)COCC[O]. The van der Waals surface area contributed by atoms with Crippen LogP contribution in [-0.4, -0.2) is 57.8 Å². The van der Waals surface area contributed by atoms with E-state index in [0.29, 0.717) is 6.54 Å². The van der Waals surface area contributed by atoms with Crippen molar-refractivity contribution < 1.29 is 14.6 Å². The third-order valence-corrected chi connectivity index (χ3v) is 1.34. The van der Waals surface area contributed by atoms with Crippen LogP contribution in [0.4, 0.5) is 0 Å². The zero-order chi connectivity index (χ0) is 10.1. The van der Waals surface area contributed by atoms with Gasteiger partial charge in [0.05, 0.1) is 6.61 Å². The molecule has 1 radical (unpaired) electrons. The molecule has 1 N–H and O–H groups in total. The van der Waals surface area contributed by atoms with E-state index in [1.54, 1.807) is 0 Å². The van der Waals surface area contributed by atoms with Gasteiger partial charge in [0.2, 0.25) is 5.91 Å². The van der Waals surface area contributed by atoms with Crippen molar-refractivity contribution in [2.45, 2.75) is 0 Å². The van der Waals surface area contributed by atoms with Gasteiger partial charge in [-0.1, -0.05) is 0 Å². The van der Waals surface area contributed by atoms with Crippen molar-refractivity contribution in [2.75, 3.05) is 47.0 Å². The number of likely N-dealkylation sites (N-methyl/N-ethyl adjacent to an activating group) is 1. The number of carbonyl (C=O) groups excluding carboxylic acids is 1. The lowest BCUT2D eigenvalue weighted by Gasteiger charge is -2.10. The summed E-state index contributed by atoms with van der Waals surface area (Å²) < 4.78 is 4.76. The minimum atomic E-state index is -0.301. The third-order valence-electron chi connectivity index (χ3n) is 1.34. The number of ether oxygens (including phenoxy) is 1. The van der Waals surface area contributed by atoms with E-state index in [9.17, 15) is 9.90 Å². The molecule has 1 amide bonds. The lowest BCUT2D eigenvalue weighted by atomic mass is 10.5. The molecule has 0 spiro atoms. The van der Waals surface area contributed by atoms with Gasteiger partial charge < -0.3 is 15.0 Å². The number of carbonyl (C=O) groups is 1. The molecule has 5 heteroatoms. The smallest absolute Gasteiger partial charge is 0.246 e. The van der Waals surface area contributed by atoms with Gasteiger partial charge in [0.1, 0.15) is 13.2 Å². The second-order valence-corrected chi connectivity index (χ2v) is 2.91. The maximum absolute atomic E-state index is 10.9. The number of hydrogen-bond donors (Lipinski definition) is 1. The number of nitrogens with zero attached hydrogens (tertiary/aromatic N) is 1. The molecule has 0 rings (SSSR count). The molecule has 0 aliphatic rings. The Morgan fingerprint density at radius 2 is 2.15 bits per heavy atom. The first kappa shape index (κ1) is 12.3. The van der Waals surface area contributed by atoms with Crippen LogP contribution in [0.25, 0.3) is 0 Å². The van der Waals surface area contributed by atoms with Gasteiger partial charge in [-0.05, 0) is 14.1 Å². The van der Waals surface area contributed by atoms with Crippen LogP contribution in [0.5, 0.6) is 0 Å². The van der Waals surface area contributed by atoms with Crippen molar-refractivity contribution in [3.05, 3.63) is 0 Å². The van der Waals surface area contributed by atoms with E-state index in [4.69, 9.17) is 4.74 Å². The Morgan fingerprint density at radius 3 is 2.69 bits per heavy atom. The molecule has 0 fully saturated rings. The van der Waals surface area contributed by atoms with Gasteiger partial charge in [0.15, 0.2) is 0 Å². The molecular formula is C8H17N2O3. The molecule has 0 aliphatic carbocycles. The van der Waals surface area contributed by atoms with Crippen molar-refractivity contribution in [3.8, 4) is 0 Å². The lowest BCUT2D eigenvalue weighted by Crippen LogP contribution is -2.33. The van der Waals surface area contributed by atoms with Crippen LogP contribution in [-0.2, 0) is 14.6 Å². The topological polar surface area (TPSA) is 61.5 Å². The van der Waals surface area contributed by atoms with Crippen molar-refractivity contribution in [1.29, 1.82) is 0 Å². The van der Waals surface area contributed by atoms with Crippen LogP contribution >= 0.6 is 0 Å². The van der Waals surface area contributed by atoms with E-state index < -0.39 is 0 Å². The molecule has 0 aromatic carbocycles. The molecule has 0 aromatic rings. The molecule has 0 aliphatic heterocycles. The lowest BCUT2D eigenvalue weighted by molar-refractivity contribution is -0.126. The highest BCUT2D eigenvalue weighted by Gasteiger charge is 1.99. The van der Waals surface area contributed by atoms with E-state index in [-0.39, 0.29) is 25.7 Å². The van der Waals surface area contributed by atoms with Gasteiger partial charge in [0, 0.05) is 13.1 Å². The molecule has 0 unspecified atom stereocenters. The first-order chi connectivity index (χ1) is 6.16. The van der Waals surface area contributed by atoms with Gasteiger partial charge in [-0.2, -0.15) is 0 Å². The van der Waals surface area contributed by atoms with Gasteiger partial charge in [-0.15, -0.1) is 0 Å². The number of hydrogen-bond acceptors (Lipinski definition) is 3. The predicted octanol–water partition coefficient (Wildman–Crippen LogP) is -0.889. The molecule has 0 saturated carbocycles. The summed E-state index contributed by atoms with van der Waals surface area (Å²) in [5.41, 5.74) is 0. The zero-order valence-corrected chi connectivity index (χ0v) is 8.21. The van der Waals surface area contributed by atoms with E-state index in [0.717, 1.165) is 6.54 Å². The number of amides is 1. The quantitative estimate of drug-likeness (QED) is 0.528. The van der Waals surface area contributed by atoms with Crippen molar-refractivity contribution in [3.63, 3.8) is 0 Å². The molecule has 77 valence electrons. The standard InChI is InChI=1S/C8H17N2O3/c1-10(2)4-3-9-8(12)7-13-6-5-11/h3-7H2,1-2H3,(H,9,12). The van der Waals surface area contributed by atoms with Crippen LogP contribution < -0.4 is 5.32 Å². The molecule has 0 bridgehead atoms. The van der Waals surface area contributed by atoms with Crippen LogP contribution in [0.3, 0.4) is 0 Å². The molecule has 5 nitrogen and oxygen atoms in total. The fraction of sp³-hybridized carbons (Fsp3) is 0.875. The Morgan fingerprint density at radius 1 is 1.46 bits per heavy atom. The number of rotatable bonds is 7. The zero-order valence-electron chi connectivity index (χ0n) is 8.21. The van der Waals surface area contributed by atoms with E-state index in [1.165, 1.54) is 0 Å². The van der Waals surface area contributed by atoms with E-state index in [1.807, 2.05) is 19.0 Å². The van der Waals surface area contributed by atoms with Crippen LogP contribution in [0.1, 0.15) is 0 Å². The van der Waals surface area contributed by atoms with Crippen molar-refractivity contribution in [1.82, 2.24) is 10.2 Å². The molecular weight excluding hydrogens is 172 g/mol. The minimum Gasteiger partial charge on any atom is -0.369 e. The Kier molecular flexibility index (Phi) is 7.57. The molecule has 13 heavy (non-hydrogen) atoms. The van der Waals surface area contributed by atoms with Crippen LogP contribution in [0.15, 0.2) is 0 Å². The molecule has 0 atom stereocenters. The fourth-order valence-corrected chi connectivity index (χ4v) is 0.694. The van der Waals surface area contributed by atoms with Gasteiger partial charge in [-0.25, -0.2) is 5.11 Å². The summed E-state index contributed by atoms with van der Waals surface area (Å²) in [5.74, 6) is -0.171. The van der Waals surface area contributed by atoms with Gasteiger partial charge in [-0.3, -0.25) is 4.79 Å². The Balaban J connectivity index is 3.20. The predicted molar refractivity (Wildman–Crippen MR) is 47.9 cm³/mol. The van der Waals surface area contributed by atoms with Gasteiger partial charge >= 0.3 is 0 Å². The van der Waals surface area contributed by atoms with E-state index in [2.05, 4.69) is 5.32 Å². The summed E-state index contributed by atoms with van der Waals surface area (Å²) in [6.45, 7) is 1.18. The fourth-order valence-electron chi connectivity index (χ4n) is 0.694. The molecule has 0 saturated heterocycles. The summed E-state index contributed by atoms with van der Waals surface area (Å²) in [6, 6.07) is 0. The highest BCUT2D eigenvalue weighted by molar-refractivity contribution is 5.77. The number of nitrogens with one attached hydrogen (secondary N) is 1. The van der Waals surface area contributed by atoms with E-state index >= 15 is 0 Å². The second-order valence-electron chi connectivity index (χ2n) is 2.91. The first-order valence-corrected chi connectivity index (χ1v) is 4.24. The maximum atomic E-state index is 10.9. The monoisotopic (exact) mass is 189 g/mol. The Bertz CT molecular complexity index is 139. The second kappa shape index (κ2) is 7.97. The normalized spacial score (nSPS) is 10.5. The average Bonchev–Trinajstić information content (AvgIpc) is 2.04. The maximum Gasteiger partial charge on any atom is 0.246 e. The largest absolute Gasteiger partial charge is 0.369 e. The van der Waals surface area contributed by atoms with Crippen LogP contribution in [0, 0.1) is 0 Å². The van der Waals surface area contributed by atoms with Crippen LogP contribution in [0.2, 0.25) is 0 Å². The third kappa shape index (κ3) is 9.26. The Hall–Kier alpha value is -0.650.